The van der Waals surface area contributed by atoms with Crippen molar-refractivity contribution in [1.29, 1.82) is 0 Å². The molecule has 0 amide bonds. The molecule has 1 aromatic heterocycles. The molecule has 0 bridgehead atoms. The molecule has 2 heterocycles. The lowest BCUT2D eigenvalue weighted by Gasteiger charge is -2.33. The maximum atomic E-state index is 13.0. The van der Waals surface area contributed by atoms with Crippen LogP contribution in [0.2, 0.25) is 0 Å². The number of nitro benzene ring substituents is 1. The normalized spacial score (nSPS) is 14.9. The molecule has 1 N–H and O–H groups in total. The van der Waals surface area contributed by atoms with E-state index in [0.717, 1.165) is 11.4 Å². The van der Waals surface area contributed by atoms with Crippen molar-refractivity contribution in [2.75, 3.05) is 23.9 Å². The van der Waals surface area contributed by atoms with Gasteiger partial charge in [-0.1, -0.05) is 42.5 Å². The predicted molar refractivity (Wildman–Crippen MR) is 125 cm³/mol. The second-order valence-corrected chi connectivity index (χ2v) is 7.79. The first-order valence-corrected chi connectivity index (χ1v) is 10.6. The van der Waals surface area contributed by atoms with Gasteiger partial charge in [0.1, 0.15) is 5.82 Å². The molecule has 0 aliphatic carbocycles. The molecule has 1 aliphatic rings. The number of anilines is 2. The first kappa shape index (κ1) is 22.1. The molecule has 0 spiro atoms. The summed E-state index contributed by atoms with van der Waals surface area (Å²) in [6.07, 6.45) is 1.73. The monoisotopic (exact) mass is 447 g/mol. The number of hydrogen-bond acceptors (Lipinski definition) is 7. The highest BCUT2D eigenvalue weighted by Gasteiger charge is 2.36. The van der Waals surface area contributed by atoms with Gasteiger partial charge < -0.3 is 15.0 Å². The van der Waals surface area contributed by atoms with Crippen molar-refractivity contribution in [1.82, 2.24) is 9.55 Å². The van der Waals surface area contributed by atoms with Gasteiger partial charge in [-0.15, -0.1) is 0 Å². The van der Waals surface area contributed by atoms with Crippen LogP contribution in [-0.2, 0) is 16.1 Å². The van der Waals surface area contributed by atoms with E-state index in [1.165, 1.54) is 12.1 Å². The summed E-state index contributed by atoms with van der Waals surface area (Å²) in [5, 5.41) is 14.6. The Kier molecular flexibility index (Phi) is 6.12. The number of fused-ring (bicyclic) bond motifs is 1. The molecule has 3 aromatic rings. The molecule has 1 atom stereocenters. The molecule has 0 fully saturated rings. The topological polar surface area (TPSA) is 103 Å². The zero-order valence-electron chi connectivity index (χ0n) is 18.7. The van der Waals surface area contributed by atoms with Crippen molar-refractivity contribution in [3.8, 4) is 0 Å². The fourth-order valence-electron chi connectivity index (χ4n) is 4.09. The Morgan fingerprint density at radius 1 is 1.24 bits per heavy atom. The van der Waals surface area contributed by atoms with Gasteiger partial charge in [0.2, 0.25) is 5.95 Å². The van der Waals surface area contributed by atoms with E-state index in [9.17, 15) is 14.9 Å². The fourth-order valence-corrected chi connectivity index (χ4v) is 4.09. The van der Waals surface area contributed by atoms with Crippen molar-refractivity contribution in [3.63, 3.8) is 0 Å². The number of carbonyl (C=O) groups is 1. The van der Waals surface area contributed by atoms with Crippen LogP contribution in [0.15, 0.2) is 72.1 Å². The second-order valence-electron chi connectivity index (χ2n) is 7.79. The van der Waals surface area contributed by atoms with Gasteiger partial charge in [-0.3, -0.25) is 14.7 Å². The molecular formula is C24H25N5O4. The summed E-state index contributed by atoms with van der Waals surface area (Å²) >= 11 is 0. The highest BCUT2D eigenvalue weighted by molar-refractivity contribution is 5.92. The highest BCUT2D eigenvalue weighted by atomic mass is 16.6. The Hall–Kier alpha value is -4.14. The zero-order chi connectivity index (χ0) is 23.5. The van der Waals surface area contributed by atoms with Crippen LogP contribution in [0.25, 0.3) is 0 Å². The number of aromatic nitrogens is 2. The summed E-state index contributed by atoms with van der Waals surface area (Å²) in [6.45, 7) is 4.36. The third-order valence-corrected chi connectivity index (χ3v) is 5.56. The fraction of sp³-hybridized carbons (Fsp3) is 0.250. The number of nitrogens with one attached hydrogen (secondary N) is 1. The molecule has 1 unspecified atom stereocenters. The average Bonchev–Trinajstić information content (AvgIpc) is 3.22. The average molecular weight is 447 g/mol. The Balaban J connectivity index is 1.84. The maximum Gasteiger partial charge on any atom is 0.338 e. The van der Waals surface area contributed by atoms with E-state index in [2.05, 4.69) is 10.3 Å². The standard InChI is InChI=1S/C24H25N5O4/c1-4-33-23(30)21-16(2)26-24-25-14-20(27(3)15-17-9-6-5-7-10-17)28(24)22(21)18-11-8-12-19(13-18)29(31)32/h5-14,22H,4,15H2,1-3H3,(H,25,26). The van der Waals surface area contributed by atoms with Crippen LogP contribution < -0.4 is 10.2 Å². The summed E-state index contributed by atoms with van der Waals surface area (Å²) in [5.74, 6) is 0.828. The minimum atomic E-state index is -0.643. The maximum absolute atomic E-state index is 13.0. The SMILES string of the molecule is CCOC(=O)C1=C(C)Nc2ncc(N(C)Cc3ccccc3)n2C1c1cccc([N+](=O)[O-])c1. The molecule has 0 saturated heterocycles. The van der Waals surface area contributed by atoms with Crippen molar-refractivity contribution >= 4 is 23.4 Å². The largest absolute Gasteiger partial charge is 0.463 e. The van der Waals surface area contributed by atoms with Gasteiger partial charge in [-0.05, 0) is 25.0 Å². The van der Waals surface area contributed by atoms with Gasteiger partial charge in [0.15, 0.2) is 0 Å². The number of nitrogens with zero attached hydrogens (tertiary/aromatic N) is 4. The number of hydrogen-bond donors (Lipinski definition) is 1. The van der Waals surface area contributed by atoms with Crippen LogP contribution in [0.1, 0.15) is 31.0 Å². The van der Waals surface area contributed by atoms with Gasteiger partial charge in [-0.2, -0.15) is 0 Å². The summed E-state index contributed by atoms with van der Waals surface area (Å²) in [5.41, 5.74) is 2.65. The lowest BCUT2D eigenvalue weighted by atomic mass is 9.95. The van der Waals surface area contributed by atoms with E-state index in [-0.39, 0.29) is 12.3 Å². The van der Waals surface area contributed by atoms with E-state index in [0.29, 0.717) is 29.3 Å². The lowest BCUT2D eigenvalue weighted by molar-refractivity contribution is -0.384. The number of esters is 1. The van der Waals surface area contributed by atoms with Crippen LogP contribution in [0.4, 0.5) is 17.5 Å². The van der Waals surface area contributed by atoms with E-state index in [4.69, 9.17) is 4.74 Å². The summed E-state index contributed by atoms with van der Waals surface area (Å²) in [6, 6.07) is 15.7. The smallest absolute Gasteiger partial charge is 0.338 e. The predicted octanol–water partition coefficient (Wildman–Crippen LogP) is 4.28. The third-order valence-electron chi connectivity index (χ3n) is 5.56. The van der Waals surface area contributed by atoms with E-state index >= 15 is 0 Å². The van der Waals surface area contributed by atoms with Crippen molar-refractivity contribution in [2.24, 2.45) is 0 Å². The lowest BCUT2D eigenvalue weighted by Crippen LogP contribution is -2.31. The summed E-state index contributed by atoms with van der Waals surface area (Å²) < 4.78 is 7.24. The van der Waals surface area contributed by atoms with Gasteiger partial charge in [0, 0.05) is 31.4 Å². The Morgan fingerprint density at radius 3 is 2.70 bits per heavy atom. The number of non-ortho nitro benzene ring substituents is 1. The Labute approximate surface area is 191 Å². The third kappa shape index (κ3) is 4.30. The minimum Gasteiger partial charge on any atom is -0.463 e. The van der Waals surface area contributed by atoms with Gasteiger partial charge in [0.05, 0.1) is 29.3 Å². The zero-order valence-corrected chi connectivity index (χ0v) is 18.7. The number of imidazole rings is 1. The molecule has 170 valence electrons. The van der Waals surface area contributed by atoms with E-state index in [1.54, 1.807) is 32.2 Å². The number of allylic oxidation sites excluding steroid dienone is 1. The summed E-state index contributed by atoms with van der Waals surface area (Å²) in [4.78, 5) is 30.6. The Morgan fingerprint density at radius 2 is 2.00 bits per heavy atom. The molecule has 9 nitrogen and oxygen atoms in total. The molecule has 2 aromatic carbocycles. The first-order chi connectivity index (χ1) is 15.9. The second kappa shape index (κ2) is 9.15. The van der Waals surface area contributed by atoms with Crippen LogP contribution in [0, 0.1) is 10.1 Å². The molecule has 0 radical (unpaired) electrons. The van der Waals surface area contributed by atoms with E-state index in [1.807, 2.05) is 46.8 Å². The Bertz CT molecular complexity index is 1220. The van der Waals surface area contributed by atoms with Crippen LogP contribution in [0.3, 0.4) is 0 Å². The minimum absolute atomic E-state index is 0.0484. The number of carbonyl (C=O) groups excluding carboxylic acids is 1. The van der Waals surface area contributed by atoms with Crippen LogP contribution in [-0.4, -0.2) is 34.1 Å². The van der Waals surface area contributed by atoms with Crippen molar-refractivity contribution in [3.05, 3.63) is 93.3 Å². The van der Waals surface area contributed by atoms with Crippen molar-refractivity contribution < 1.29 is 14.5 Å². The number of rotatable bonds is 7. The number of benzene rings is 2. The summed E-state index contributed by atoms with van der Waals surface area (Å²) in [7, 11) is 1.94. The molecular weight excluding hydrogens is 422 g/mol. The molecule has 0 saturated carbocycles. The number of ether oxygens (including phenoxy) is 1. The van der Waals surface area contributed by atoms with Crippen LogP contribution in [0.5, 0.6) is 0 Å². The van der Waals surface area contributed by atoms with Crippen molar-refractivity contribution in [2.45, 2.75) is 26.4 Å². The highest BCUT2D eigenvalue weighted by Crippen LogP contribution is 2.41. The molecule has 4 rings (SSSR count). The number of nitro groups is 1. The molecule has 9 heteroatoms. The van der Waals surface area contributed by atoms with Gasteiger partial charge >= 0.3 is 5.97 Å². The van der Waals surface area contributed by atoms with Gasteiger partial charge in [0.25, 0.3) is 5.69 Å². The first-order valence-electron chi connectivity index (χ1n) is 10.6. The van der Waals surface area contributed by atoms with E-state index < -0.39 is 16.9 Å². The molecule has 1 aliphatic heterocycles. The van der Waals surface area contributed by atoms with Gasteiger partial charge in [-0.25, -0.2) is 9.78 Å². The van der Waals surface area contributed by atoms with Crippen LogP contribution >= 0.6 is 0 Å². The molecule has 33 heavy (non-hydrogen) atoms. The quantitative estimate of drug-likeness (QED) is 0.328.